The van der Waals surface area contributed by atoms with Crippen LogP contribution in [-0.2, 0) is 6.54 Å². The molecule has 0 bridgehead atoms. The first-order chi connectivity index (χ1) is 13.0. The smallest absolute Gasteiger partial charge is 0.175 e. The number of nitrogens with zero attached hydrogens (tertiary/aromatic N) is 3. The van der Waals surface area contributed by atoms with Gasteiger partial charge in [-0.2, -0.15) is 0 Å². The van der Waals surface area contributed by atoms with Crippen molar-refractivity contribution in [1.82, 2.24) is 14.1 Å². The largest absolute Gasteiger partial charge is 0.345 e. The van der Waals surface area contributed by atoms with E-state index >= 15 is 0 Å². The monoisotopic (exact) mass is 381 g/mol. The van der Waals surface area contributed by atoms with Crippen molar-refractivity contribution in [2.24, 2.45) is 5.92 Å². The lowest BCUT2D eigenvalue weighted by Crippen LogP contribution is -2.09. The van der Waals surface area contributed by atoms with E-state index in [9.17, 15) is 4.79 Å². The molecule has 1 aromatic carbocycles. The Morgan fingerprint density at radius 3 is 2.70 bits per heavy atom. The number of carbonyl (C=O) groups excluding carboxylic acids is 1. The van der Waals surface area contributed by atoms with E-state index in [0.29, 0.717) is 17.7 Å². The maximum atomic E-state index is 12.9. The van der Waals surface area contributed by atoms with E-state index in [-0.39, 0.29) is 5.78 Å². The molecular weight excluding hydrogens is 354 g/mol. The van der Waals surface area contributed by atoms with Crippen LogP contribution in [0.15, 0.2) is 35.5 Å². The zero-order valence-corrected chi connectivity index (χ0v) is 17.3. The molecule has 1 saturated carbocycles. The standard InChI is InChI=1S/C22H27N3OS/c1-14(2)12-24-20-8-6-5-7-19(20)23-22(24)27-13-21(26)18-11-15(3)25(16(18)4)17-9-10-17/h5-8,11,14,17H,9-10,12-13H2,1-4H3. The lowest BCUT2D eigenvalue weighted by atomic mass is 10.2. The maximum absolute atomic E-state index is 12.9. The van der Waals surface area contributed by atoms with Crippen molar-refractivity contribution in [3.63, 3.8) is 0 Å². The SMILES string of the molecule is Cc1cc(C(=O)CSc2nc3ccccc3n2CC(C)C)c(C)n1C1CC1. The summed E-state index contributed by atoms with van der Waals surface area (Å²) in [7, 11) is 0. The molecule has 27 heavy (non-hydrogen) atoms. The van der Waals surface area contributed by atoms with Gasteiger partial charge in [0.05, 0.1) is 16.8 Å². The molecule has 0 spiro atoms. The van der Waals surface area contributed by atoms with Crippen molar-refractivity contribution in [2.45, 2.75) is 58.3 Å². The molecule has 3 aromatic rings. The van der Waals surface area contributed by atoms with Crippen molar-refractivity contribution in [2.75, 3.05) is 5.75 Å². The minimum atomic E-state index is 0.197. The summed E-state index contributed by atoms with van der Waals surface area (Å²) in [6, 6.07) is 10.9. The van der Waals surface area contributed by atoms with Crippen molar-refractivity contribution in [3.8, 4) is 0 Å². The Labute approximate surface area is 165 Å². The Hall–Kier alpha value is -2.01. The van der Waals surface area contributed by atoms with Gasteiger partial charge in [0.1, 0.15) is 0 Å². The van der Waals surface area contributed by atoms with Crippen LogP contribution in [0.4, 0.5) is 0 Å². The van der Waals surface area contributed by atoms with Crippen LogP contribution in [0.2, 0.25) is 0 Å². The Kier molecular flexibility index (Phi) is 4.89. The Morgan fingerprint density at radius 2 is 2.00 bits per heavy atom. The van der Waals surface area contributed by atoms with Crippen LogP contribution in [0.25, 0.3) is 11.0 Å². The van der Waals surface area contributed by atoms with Crippen molar-refractivity contribution < 1.29 is 4.79 Å². The highest BCUT2D eigenvalue weighted by atomic mass is 32.2. The molecule has 0 aliphatic heterocycles. The van der Waals surface area contributed by atoms with E-state index in [1.165, 1.54) is 18.5 Å². The molecule has 2 heterocycles. The van der Waals surface area contributed by atoms with Gasteiger partial charge >= 0.3 is 0 Å². The van der Waals surface area contributed by atoms with Crippen LogP contribution in [-0.4, -0.2) is 25.7 Å². The van der Waals surface area contributed by atoms with Gasteiger partial charge in [-0.05, 0) is 50.8 Å². The average Bonchev–Trinajstić information content (AvgIpc) is 3.34. The fourth-order valence-electron chi connectivity index (χ4n) is 3.87. The summed E-state index contributed by atoms with van der Waals surface area (Å²) in [5.41, 5.74) is 5.35. The molecular formula is C22H27N3OS. The van der Waals surface area contributed by atoms with Crippen LogP contribution >= 0.6 is 11.8 Å². The summed E-state index contributed by atoms with van der Waals surface area (Å²) in [5, 5.41) is 0.939. The number of aryl methyl sites for hydroxylation is 1. The molecule has 0 amide bonds. The number of thioether (sulfide) groups is 1. The Morgan fingerprint density at radius 1 is 1.26 bits per heavy atom. The van der Waals surface area contributed by atoms with E-state index < -0.39 is 0 Å². The molecule has 2 aromatic heterocycles. The predicted octanol–water partition coefficient (Wildman–Crippen LogP) is 5.42. The predicted molar refractivity (Wildman–Crippen MR) is 112 cm³/mol. The van der Waals surface area contributed by atoms with E-state index in [2.05, 4.69) is 49.0 Å². The number of hydrogen-bond acceptors (Lipinski definition) is 3. The second-order valence-electron chi connectivity index (χ2n) is 7.99. The molecule has 4 rings (SSSR count). The quantitative estimate of drug-likeness (QED) is 0.405. The third kappa shape index (κ3) is 3.57. The molecule has 0 atom stereocenters. The third-order valence-corrected chi connectivity index (χ3v) is 6.17. The summed E-state index contributed by atoms with van der Waals surface area (Å²) < 4.78 is 4.59. The minimum absolute atomic E-state index is 0.197. The van der Waals surface area contributed by atoms with Gasteiger partial charge in [0.15, 0.2) is 10.9 Å². The van der Waals surface area contributed by atoms with Crippen LogP contribution < -0.4 is 0 Å². The van der Waals surface area contributed by atoms with Gasteiger partial charge in [0.25, 0.3) is 0 Å². The molecule has 0 unspecified atom stereocenters. The lowest BCUT2D eigenvalue weighted by Gasteiger charge is -2.11. The van der Waals surface area contributed by atoms with Gasteiger partial charge in [-0.25, -0.2) is 4.98 Å². The van der Waals surface area contributed by atoms with Gasteiger partial charge in [0.2, 0.25) is 0 Å². The van der Waals surface area contributed by atoms with Gasteiger partial charge in [-0.1, -0.05) is 37.7 Å². The number of benzene rings is 1. The first-order valence-electron chi connectivity index (χ1n) is 9.75. The summed E-state index contributed by atoms with van der Waals surface area (Å²) >= 11 is 1.56. The summed E-state index contributed by atoms with van der Waals surface area (Å²) in [6.45, 7) is 9.52. The molecule has 4 nitrogen and oxygen atoms in total. The number of rotatable bonds is 7. The van der Waals surface area contributed by atoms with Crippen LogP contribution in [0, 0.1) is 19.8 Å². The molecule has 0 N–H and O–H groups in total. The second-order valence-corrected chi connectivity index (χ2v) is 8.93. The molecule has 1 fully saturated rings. The summed E-state index contributed by atoms with van der Waals surface area (Å²) in [4.78, 5) is 17.7. The first-order valence-corrected chi connectivity index (χ1v) is 10.7. The molecule has 0 radical (unpaired) electrons. The van der Waals surface area contributed by atoms with E-state index in [1.807, 2.05) is 18.2 Å². The number of ketones is 1. The first kappa shape index (κ1) is 18.4. The van der Waals surface area contributed by atoms with Crippen LogP contribution in [0.1, 0.15) is 54.5 Å². The number of hydrogen-bond donors (Lipinski definition) is 0. The number of Topliss-reactive ketones (excluding diaryl/α,β-unsaturated/α-hetero) is 1. The second kappa shape index (κ2) is 7.19. The molecule has 1 aliphatic rings. The highest BCUT2D eigenvalue weighted by Gasteiger charge is 2.28. The zero-order chi connectivity index (χ0) is 19.1. The van der Waals surface area contributed by atoms with Gasteiger partial charge in [0, 0.05) is 29.5 Å². The van der Waals surface area contributed by atoms with Gasteiger partial charge in [-0.15, -0.1) is 0 Å². The number of fused-ring (bicyclic) bond motifs is 1. The normalized spacial score (nSPS) is 14.4. The number of aromatic nitrogens is 3. The van der Waals surface area contributed by atoms with E-state index in [0.717, 1.165) is 34.0 Å². The fourth-order valence-corrected chi connectivity index (χ4v) is 4.77. The topological polar surface area (TPSA) is 39.8 Å². The van der Waals surface area contributed by atoms with Crippen LogP contribution in [0.5, 0.6) is 0 Å². The molecule has 0 saturated heterocycles. The minimum Gasteiger partial charge on any atom is -0.345 e. The lowest BCUT2D eigenvalue weighted by molar-refractivity contribution is 0.102. The zero-order valence-electron chi connectivity index (χ0n) is 16.5. The van der Waals surface area contributed by atoms with Crippen molar-refractivity contribution in [1.29, 1.82) is 0 Å². The van der Waals surface area contributed by atoms with Crippen molar-refractivity contribution >= 4 is 28.6 Å². The Bertz CT molecular complexity index is 995. The van der Waals surface area contributed by atoms with Crippen LogP contribution in [0.3, 0.4) is 0 Å². The summed E-state index contributed by atoms with van der Waals surface area (Å²) in [5.74, 6) is 1.15. The highest BCUT2D eigenvalue weighted by molar-refractivity contribution is 7.99. The molecule has 5 heteroatoms. The van der Waals surface area contributed by atoms with E-state index in [4.69, 9.17) is 4.98 Å². The van der Waals surface area contributed by atoms with Gasteiger partial charge < -0.3 is 9.13 Å². The highest BCUT2D eigenvalue weighted by Crippen LogP contribution is 2.38. The average molecular weight is 382 g/mol. The Balaban J connectivity index is 1.56. The summed E-state index contributed by atoms with van der Waals surface area (Å²) in [6.07, 6.45) is 2.47. The molecule has 142 valence electrons. The number of para-hydroxylation sites is 2. The third-order valence-electron chi connectivity index (χ3n) is 5.20. The fraction of sp³-hybridized carbons (Fsp3) is 0.455. The van der Waals surface area contributed by atoms with Crippen molar-refractivity contribution in [3.05, 3.63) is 47.3 Å². The number of carbonyl (C=O) groups is 1. The van der Waals surface area contributed by atoms with E-state index in [1.54, 1.807) is 11.8 Å². The molecule has 1 aliphatic carbocycles. The maximum Gasteiger partial charge on any atom is 0.175 e. The number of imidazole rings is 1. The van der Waals surface area contributed by atoms with Gasteiger partial charge in [-0.3, -0.25) is 4.79 Å².